The molecule has 2 heterocycles. The van der Waals surface area contributed by atoms with E-state index in [2.05, 4.69) is 5.32 Å². The number of carbonyl (C=O) groups excluding carboxylic acids is 2. The van der Waals surface area contributed by atoms with Crippen molar-refractivity contribution in [1.29, 1.82) is 0 Å². The number of fused-ring (bicyclic) bond motifs is 1. The van der Waals surface area contributed by atoms with Gasteiger partial charge in [0.05, 0.1) is 9.93 Å². The van der Waals surface area contributed by atoms with E-state index >= 15 is 0 Å². The Morgan fingerprint density at radius 3 is 2.59 bits per heavy atom. The van der Waals surface area contributed by atoms with Gasteiger partial charge in [0.25, 0.3) is 11.8 Å². The summed E-state index contributed by atoms with van der Waals surface area (Å²) < 4.78 is 1.55. The average Bonchev–Trinajstić information content (AvgIpc) is 3.19. The Balaban J connectivity index is 1.50. The lowest BCUT2D eigenvalue weighted by Crippen LogP contribution is -2.27. The molecule has 4 nitrogen and oxygen atoms in total. The van der Waals surface area contributed by atoms with Gasteiger partial charge in [0, 0.05) is 22.3 Å². The van der Waals surface area contributed by atoms with Crippen LogP contribution in [0.1, 0.15) is 22.2 Å². The maximum Gasteiger partial charge on any atom is 0.267 e. The molecule has 1 aliphatic rings. The molecule has 1 N–H and O–H groups in total. The average molecular weight is 459 g/mol. The first kappa shape index (κ1) is 20.1. The van der Waals surface area contributed by atoms with Crippen LogP contribution in [0.4, 0.5) is 5.69 Å². The van der Waals surface area contributed by atoms with Crippen LogP contribution in [0.15, 0.2) is 53.4 Å². The molecule has 0 bridgehead atoms. The normalized spacial score (nSPS) is 15.5. The summed E-state index contributed by atoms with van der Waals surface area (Å²) in [6.07, 6.45) is 1.81. The third-order valence-corrected chi connectivity index (χ3v) is 7.45. The van der Waals surface area contributed by atoms with Crippen molar-refractivity contribution in [3.8, 4) is 0 Å². The number of thiophene rings is 1. The van der Waals surface area contributed by atoms with E-state index in [0.717, 1.165) is 15.6 Å². The Morgan fingerprint density at radius 1 is 1.21 bits per heavy atom. The van der Waals surface area contributed by atoms with Crippen molar-refractivity contribution < 1.29 is 9.59 Å². The highest BCUT2D eigenvalue weighted by Crippen LogP contribution is 2.36. The first-order valence-corrected chi connectivity index (χ1v) is 11.2. The van der Waals surface area contributed by atoms with Crippen molar-refractivity contribution in [2.75, 3.05) is 11.9 Å². The lowest BCUT2D eigenvalue weighted by atomic mass is 10.2. The van der Waals surface area contributed by atoms with E-state index in [1.807, 2.05) is 49.4 Å². The Labute approximate surface area is 186 Å². The van der Waals surface area contributed by atoms with Crippen LogP contribution in [-0.4, -0.2) is 27.6 Å². The van der Waals surface area contributed by atoms with Crippen molar-refractivity contribution in [2.24, 2.45) is 0 Å². The van der Waals surface area contributed by atoms with Gasteiger partial charge in [-0.05, 0) is 36.8 Å². The second-order valence-electron chi connectivity index (χ2n) is 6.24. The van der Waals surface area contributed by atoms with Crippen LogP contribution in [0.2, 0.25) is 5.02 Å². The molecule has 1 aliphatic heterocycles. The summed E-state index contributed by atoms with van der Waals surface area (Å²) in [7, 11) is 0. The molecule has 0 atom stereocenters. The maximum atomic E-state index is 12.7. The lowest BCUT2D eigenvalue weighted by Gasteiger charge is -2.09. The van der Waals surface area contributed by atoms with E-state index in [1.54, 1.807) is 17.0 Å². The SMILES string of the molecule is CCN1C(=O)/C(=C\c2ccc(NC(=O)c3sc4ccccc4c3Cl)cc2)SC1=S. The second-order valence-corrected chi connectivity index (χ2v) is 9.35. The van der Waals surface area contributed by atoms with Crippen LogP contribution in [0.5, 0.6) is 0 Å². The smallest absolute Gasteiger partial charge is 0.267 e. The van der Waals surface area contributed by atoms with Gasteiger partial charge in [-0.25, -0.2) is 0 Å². The molecule has 2 aromatic carbocycles. The van der Waals surface area contributed by atoms with E-state index in [9.17, 15) is 9.59 Å². The highest BCUT2D eigenvalue weighted by atomic mass is 35.5. The summed E-state index contributed by atoms with van der Waals surface area (Å²) in [6, 6.07) is 15.0. The molecule has 4 rings (SSSR count). The van der Waals surface area contributed by atoms with Crippen LogP contribution in [0.3, 0.4) is 0 Å². The zero-order valence-corrected chi connectivity index (χ0v) is 18.5. The van der Waals surface area contributed by atoms with Gasteiger partial charge in [-0.3, -0.25) is 14.5 Å². The highest BCUT2D eigenvalue weighted by Gasteiger charge is 2.30. The predicted molar refractivity (Wildman–Crippen MR) is 127 cm³/mol. The molecule has 0 unspecified atom stereocenters. The third-order valence-electron chi connectivity index (χ3n) is 4.40. The predicted octanol–water partition coefficient (Wildman–Crippen LogP) is 6.03. The van der Waals surface area contributed by atoms with Gasteiger partial charge in [-0.1, -0.05) is 65.9 Å². The number of thioether (sulfide) groups is 1. The Morgan fingerprint density at radius 2 is 1.93 bits per heavy atom. The number of carbonyl (C=O) groups is 2. The molecule has 3 aromatic rings. The molecular formula is C21H15ClN2O2S3. The molecule has 146 valence electrons. The van der Waals surface area contributed by atoms with Gasteiger partial charge in [0.2, 0.25) is 0 Å². The third kappa shape index (κ3) is 3.96. The standard InChI is InChI=1S/C21H15ClN2O2S3/c1-2-24-20(26)16(29-21(24)27)11-12-7-9-13(10-8-12)23-19(25)18-17(22)14-5-3-4-6-15(14)28-18/h3-11H,2H2,1H3,(H,23,25)/b16-11+. The van der Waals surface area contributed by atoms with Crippen LogP contribution in [0.25, 0.3) is 16.2 Å². The lowest BCUT2D eigenvalue weighted by molar-refractivity contribution is -0.121. The Bertz CT molecular complexity index is 1170. The first-order chi connectivity index (χ1) is 14.0. The largest absolute Gasteiger partial charge is 0.321 e. The molecule has 0 spiro atoms. The molecular weight excluding hydrogens is 444 g/mol. The number of anilines is 1. The fraction of sp³-hybridized carbons (Fsp3) is 0.0952. The molecule has 2 amide bonds. The number of halogens is 1. The molecule has 0 saturated carbocycles. The van der Waals surface area contributed by atoms with Crippen molar-refractivity contribution in [1.82, 2.24) is 4.90 Å². The summed E-state index contributed by atoms with van der Waals surface area (Å²) in [5.74, 6) is -0.313. The van der Waals surface area contributed by atoms with Crippen molar-refractivity contribution >= 4 is 84.9 Å². The Hall–Kier alpha value is -2.19. The molecule has 1 aromatic heterocycles. The van der Waals surface area contributed by atoms with Crippen LogP contribution in [-0.2, 0) is 4.79 Å². The van der Waals surface area contributed by atoms with E-state index in [4.69, 9.17) is 23.8 Å². The number of benzene rings is 2. The van der Waals surface area contributed by atoms with Crippen molar-refractivity contribution in [2.45, 2.75) is 6.92 Å². The number of hydrogen-bond acceptors (Lipinski definition) is 5. The van der Waals surface area contributed by atoms with Crippen molar-refractivity contribution in [3.05, 3.63) is 68.9 Å². The summed E-state index contributed by atoms with van der Waals surface area (Å²) in [6.45, 7) is 2.46. The van der Waals surface area contributed by atoms with E-state index < -0.39 is 0 Å². The number of nitrogens with zero attached hydrogens (tertiary/aromatic N) is 1. The molecule has 29 heavy (non-hydrogen) atoms. The molecule has 1 fully saturated rings. The summed E-state index contributed by atoms with van der Waals surface area (Å²) in [5.41, 5.74) is 1.52. The molecule has 0 radical (unpaired) electrons. The maximum absolute atomic E-state index is 12.7. The fourth-order valence-electron chi connectivity index (χ4n) is 2.93. The van der Waals surface area contributed by atoms with Crippen LogP contribution in [0, 0.1) is 0 Å². The second kappa shape index (κ2) is 8.28. The van der Waals surface area contributed by atoms with Gasteiger partial charge in [-0.15, -0.1) is 11.3 Å². The van der Waals surface area contributed by atoms with Gasteiger partial charge < -0.3 is 5.32 Å². The molecule has 1 saturated heterocycles. The van der Waals surface area contributed by atoms with Gasteiger partial charge in [-0.2, -0.15) is 0 Å². The number of nitrogens with one attached hydrogen (secondary N) is 1. The van der Waals surface area contributed by atoms with E-state index in [1.165, 1.54) is 23.1 Å². The monoisotopic (exact) mass is 458 g/mol. The minimum atomic E-state index is -0.243. The minimum Gasteiger partial charge on any atom is -0.321 e. The van der Waals surface area contributed by atoms with Gasteiger partial charge in [0.1, 0.15) is 9.20 Å². The van der Waals surface area contributed by atoms with E-state index in [-0.39, 0.29) is 11.8 Å². The highest BCUT2D eigenvalue weighted by molar-refractivity contribution is 8.26. The fourth-order valence-corrected chi connectivity index (χ4v) is 5.73. The quantitative estimate of drug-likeness (QED) is 0.383. The summed E-state index contributed by atoms with van der Waals surface area (Å²) in [4.78, 5) is 27.6. The zero-order chi connectivity index (χ0) is 20.5. The number of hydrogen-bond donors (Lipinski definition) is 1. The summed E-state index contributed by atoms with van der Waals surface area (Å²) in [5, 5.41) is 4.23. The number of amides is 2. The number of rotatable bonds is 4. The summed E-state index contributed by atoms with van der Waals surface area (Å²) >= 11 is 14.3. The minimum absolute atomic E-state index is 0.0701. The van der Waals surface area contributed by atoms with Crippen LogP contribution < -0.4 is 5.32 Å². The molecule has 0 aliphatic carbocycles. The molecule has 8 heteroatoms. The zero-order valence-electron chi connectivity index (χ0n) is 15.3. The van der Waals surface area contributed by atoms with Gasteiger partial charge in [0.15, 0.2) is 0 Å². The Kier molecular flexibility index (Phi) is 5.74. The van der Waals surface area contributed by atoms with E-state index in [0.29, 0.717) is 31.4 Å². The van der Waals surface area contributed by atoms with Crippen molar-refractivity contribution in [3.63, 3.8) is 0 Å². The number of likely N-dealkylation sites (N-methyl/N-ethyl adjacent to an activating group) is 1. The first-order valence-electron chi connectivity index (χ1n) is 8.81. The number of thiocarbonyl (C=S) groups is 1. The van der Waals surface area contributed by atoms with Crippen LogP contribution >= 0.6 is 46.9 Å². The van der Waals surface area contributed by atoms with Gasteiger partial charge >= 0.3 is 0 Å². The topological polar surface area (TPSA) is 49.4 Å².